The summed E-state index contributed by atoms with van der Waals surface area (Å²) in [6.45, 7) is 3.85. The summed E-state index contributed by atoms with van der Waals surface area (Å²) in [5.74, 6) is -1.55. The second-order valence-electron chi connectivity index (χ2n) is 6.76. The van der Waals surface area contributed by atoms with Crippen LogP contribution >= 0.6 is 0 Å². The van der Waals surface area contributed by atoms with Crippen LogP contribution in [0, 0.1) is 0 Å². The van der Waals surface area contributed by atoms with Crippen molar-refractivity contribution in [3.8, 4) is 0 Å². The van der Waals surface area contributed by atoms with Gasteiger partial charge in [-0.25, -0.2) is 9.48 Å². The van der Waals surface area contributed by atoms with Crippen molar-refractivity contribution >= 4 is 22.6 Å². The van der Waals surface area contributed by atoms with E-state index in [1.165, 1.54) is 12.1 Å². The summed E-state index contributed by atoms with van der Waals surface area (Å²) in [6.07, 6.45) is 0. The predicted molar refractivity (Wildman–Crippen MR) is 105 cm³/mol. The summed E-state index contributed by atoms with van der Waals surface area (Å²) in [7, 11) is 0. The van der Waals surface area contributed by atoms with Crippen molar-refractivity contribution in [1.82, 2.24) is 14.7 Å². The number of hydrogen-bond donors (Lipinski definition) is 1. The molecule has 1 aromatic heterocycles. The quantitative estimate of drug-likeness (QED) is 0.710. The molecule has 0 radical (unpaired) electrons. The second-order valence-corrected chi connectivity index (χ2v) is 6.76. The summed E-state index contributed by atoms with van der Waals surface area (Å²) in [6, 6.07) is 15.8. The van der Waals surface area contributed by atoms with Crippen LogP contribution in [0.3, 0.4) is 0 Å². The molecule has 1 heterocycles. The Labute approximate surface area is 161 Å². The van der Waals surface area contributed by atoms with E-state index >= 15 is 0 Å². The van der Waals surface area contributed by atoms with Crippen LogP contribution in [0.2, 0.25) is 0 Å². The monoisotopic (exact) mass is 379 g/mol. The molecule has 0 fully saturated rings. The van der Waals surface area contributed by atoms with Gasteiger partial charge in [-0.2, -0.15) is 5.10 Å². The number of carbonyl (C=O) groups is 2. The van der Waals surface area contributed by atoms with Crippen LogP contribution in [0.5, 0.6) is 0 Å². The van der Waals surface area contributed by atoms with Gasteiger partial charge in [0.25, 0.3) is 5.56 Å². The third-order valence-electron chi connectivity index (χ3n) is 4.49. The highest BCUT2D eigenvalue weighted by molar-refractivity contribution is 6.01. The molecule has 2 aromatic carbocycles. The van der Waals surface area contributed by atoms with E-state index in [1.54, 1.807) is 17.0 Å². The molecule has 0 unspecified atom stereocenters. The number of rotatable bonds is 6. The molecular weight excluding hydrogens is 358 g/mol. The van der Waals surface area contributed by atoms with Gasteiger partial charge in [0, 0.05) is 18.0 Å². The first-order valence-electron chi connectivity index (χ1n) is 8.95. The summed E-state index contributed by atoms with van der Waals surface area (Å²) in [5.41, 5.74) is 0.231. The van der Waals surface area contributed by atoms with Gasteiger partial charge in [-0.15, -0.1) is 0 Å². The first-order valence-corrected chi connectivity index (χ1v) is 8.95. The Hall–Kier alpha value is -3.48. The SMILES string of the molecule is CC(C)N(Cc1ccccc1)C(=O)Cn1nc(C(=O)O)c2ccccc2c1=O. The van der Waals surface area contributed by atoms with Crippen LogP contribution in [0.25, 0.3) is 10.8 Å². The van der Waals surface area contributed by atoms with Crippen molar-refractivity contribution in [3.05, 3.63) is 76.2 Å². The molecule has 144 valence electrons. The minimum atomic E-state index is -1.25. The zero-order chi connectivity index (χ0) is 20.3. The van der Waals surface area contributed by atoms with Gasteiger partial charge in [-0.3, -0.25) is 9.59 Å². The van der Waals surface area contributed by atoms with Crippen molar-refractivity contribution < 1.29 is 14.7 Å². The van der Waals surface area contributed by atoms with Gasteiger partial charge < -0.3 is 10.0 Å². The zero-order valence-electron chi connectivity index (χ0n) is 15.7. The minimum absolute atomic E-state index is 0.0946. The van der Waals surface area contributed by atoms with E-state index < -0.39 is 11.5 Å². The third-order valence-corrected chi connectivity index (χ3v) is 4.49. The largest absolute Gasteiger partial charge is 0.476 e. The predicted octanol–water partition coefficient (Wildman–Crippen LogP) is 2.53. The number of fused-ring (bicyclic) bond motifs is 1. The van der Waals surface area contributed by atoms with Gasteiger partial charge in [0.2, 0.25) is 5.91 Å². The fraction of sp³-hybridized carbons (Fsp3) is 0.238. The number of carboxylic acid groups (broad SMARTS) is 1. The standard InChI is InChI=1S/C21H21N3O4/c1-14(2)23(12-15-8-4-3-5-9-15)18(25)13-24-20(26)17-11-7-6-10-16(17)19(22-24)21(27)28/h3-11,14H,12-13H2,1-2H3,(H,27,28). The Kier molecular flexibility index (Phi) is 5.54. The molecule has 1 N–H and O–H groups in total. The molecule has 0 atom stereocenters. The molecule has 0 saturated carbocycles. The average molecular weight is 379 g/mol. The molecule has 28 heavy (non-hydrogen) atoms. The molecule has 3 rings (SSSR count). The highest BCUT2D eigenvalue weighted by atomic mass is 16.4. The summed E-state index contributed by atoms with van der Waals surface area (Å²) >= 11 is 0. The van der Waals surface area contributed by atoms with Gasteiger partial charge in [-0.1, -0.05) is 48.5 Å². The lowest BCUT2D eigenvalue weighted by molar-refractivity contribution is -0.134. The van der Waals surface area contributed by atoms with Crippen molar-refractivity contribution in [3.63, 3.8) is 0 Å². The first-order chi connectivity index (χ1) is 13.4. The van der Waals surface area contributed by atoms with Gasteiger partial charge in [0.1, 0.15) is 6.54 Å². The minimum Gasteiger partial charge on any atom is -0.476 e. The Morgan fingerprint density at radius 3 is 2.25 bits per heavy atom. The Bertz CT molecular complexity index is 1070. The lowest BCUT2D eigenvalue weighted by Crippen LogP contribution is -2.41. The van der Waals surface area contributed by atoms with E-state index in [0.29, 0.717) is 6.54 Å². The topological polar surface area (TPSA) is 92.5 Å². The van der Waals surface area contributed by atoms with Crippen LogP contribution in [0.15, 0.2) is 59.4 Å². The van der Waals surface area contributed by atoms with Crippen molar-refractivity contribution in [2.45, 2.75) is 33.0 Å². The van der Waals surface area contributed by atoms with E-state index in [-0.39, 0.29) is 35.0 Å². The molecule has 3 aromatic rings. The van der Waals surface area contributed by atoms with Gasteiger partial charge in [-0.05, 0) is 25.5 Å². The highest BCUT2D eigenvalue weighted by Gasteiger charge is 2.21. The Morgan fingerprint density at radius 2 is 1.64 bits per heavy atom. The number of carboxylic acids is 1. The van der Waals surface area contributed by atoms with Crippen molar-refractivity contribution in [2.75, 3.05) is 0 Å². The summed E-state index contributed by atoms with van der Waals surface area (Å²) in [5, 5.41) is 13.9. The lowest BCUT2D eigenvalue weighted by Gasteiger charge is -2.27. The molecule has 0 spiro atoms. The molecular formula is C21H21N3O4. The molecule has 0 aliphatic heterocycles. The fourth-order valence-corrected chi connectivity index (χ4v) is 3.06. The highest BCUT2D eigenvalue weighted by Crippen LogP contribution is 2.14. The maximum atomic E-state index is 12.9. The maximum absolute atomic E-state index is 12.9. The Morgan fingerprint density at radius 1 is 1.04 bits per heavy atom. The van der Waals surface area contributed by atoms with Crippen molar-refractivity contribution in [1.29, 1.82) is 0 Å². The summed E-state index contributed by atoms with van der Waals surface area (Å²) in [4.78, 5) is 38.8. The molecule has 0 aliphatic carbocycles. The lowest BCUT2D eigenvalue weighted by atomic mass is 10.1. The number of amides is 1. The second kappa shape index (κ2) is 8.04. The zero-order valence-corrected chi connectivity index (χ0v) is 15.7. The average Bonchev–Trinajstić information content (AvgIpc) is 2.68. The normalized spacial score (nSPS) is 11.0. The molecule has 7 nitrogen and oxygen atoms in total. The molecule has 0 aliphatic rings. The van der Waals surface area contributed by atoms with E-state index in [9.17, 15) is 19.5 Å². The molecule has 1 amide bonds. The number of aromatic nitrogens is 2. The smallest absolute Gasteiger partial charge is 0.357 e. The maximum Gasteiger partial charge on any atom is 0.357 e. The van der Waals surface area contributed by atoms with Gasteiger partial charge in [0.05, 0.1) is 5.39 Å². The number of benzene rings is 2. The van der Waals surface area contributed by atoms with E-state index in [4.69, 9.17) is 0 Å². The molecule has 7 heteroatoms. The number of aromatic carboxylic acids is 1. The van der Waals surface area contributed by atoms with Crippen LogP contribution in [-0.2, 0) is 17.9 Å². The fourth-order valence-electron chi connectivity index (χ4n) is 3.06. The van der Waals surface area contributed by atoms with E-state index in [2.05, 4.69) is 5.10 Å². The number of hydrogen-bond acceptors (Lipinski definition) is 4. The first kappa shape index (κ1) is 19.3. The van der Waals surface area contributed by atoms with Crippen LogP contribution in [-0.4, -0.2) is 37.7 Å². The van der Waals surface area contributed by atoms with Crippen LogP contribution in [0.4, 0.5) is 0 Å². The van der Waals surface area contributed by atoms with E-state index in [1.807, 2.05) is 44.2 Å². The number of nitrogens with zero attached hydrogens (tertiary/aromatic N) is 3. The van der Waals surface area contributed by atoms with E-state index in [0.717, 1.165) is 10.2 Å². The van der Waals surface area contributed by atoms with Crippen molar-refractivity contribution in [2.24, 2.45) is 0 Å². The van der Waals surface area contributed by atoms with Gasteiger partial charge in [0.15, 0.2) is 5.69 Å². The van der Waals surface area contributed by atoms with Gasteiger partial charge >= 0.3 is 5.97 Å². The Balaban J connectivity index is 1.96. The molecule has 0 saturated heterocycles. The van der Waals surface area contributed by atoms with Crippen LogP contribution in [0.1, 0.15) is 29.9 Å². The van der Waals surface area contributed by atoms with Crippen LogP contribution < -0.4 is 5.56 Å². The third kappa shape index (κ3) is 3.93. The number of carbonyl (C=O) groups excluding carboxylic acids is 1. The molecule has 0 bridgehead atoms. The summed E-state index contributed by atoms with van der Waals surface area (Å²) < 4.78 is 0.939.